The number of carbonyl (C=O) groups is 1. The van der Waals surface area contributed by atoms with Crippen LogP contribution in [0.25, 0.3) is 6.08 Å². The van der Waals surface area contributed by atoms with Crippen molar-refractivity contribution < 1.29 is 9.53 Å². The largest absolute Gasteiger partial charge is 0.481 e. The molecule has 2 aromatic rings. The minimum Gasteiger partial charge on any atom is -0.481 e. The molecule has 7 nitrogen and oxygen atoms in total. The summed E-state index contributed by atoms with van der Waals surface area (Å²) in [5, 5.41) is 12.2. The summed E-state index contributed by atoms with van der Waals surface area (Å²) in [4.78, 5) is 22.7. The lowest BCUT2D eigenvalue weighted by atomic mass is 10.0. The van der Waals surface area contributed by atoms with Crippen molar-refractivity contribution in [2.75, 3.05) is 25.5 Å². The molecule has 0 unspecified atom stereocenters. The number of hydrogen-bond acceptors (Lipinski definition) is 6. The smallest absolute Gasteiger partial charge is 0.246 e. The number of methoxy groups -OCH3 is 1. The molecule has 0 spiro atoms. The van der Waals surface area contributed by atoms with Crippen LogP contribution in [-0.4, -0.2) is 47.0 Å². The van der Waals surface area contributed by atoms with Crippen molar-refractivity contribution in [1.29, 1.82) is 5.26 Å². The average Bonchev–Trinajstić information content (AvgIpc) is 2.73. The van der Waals surface area contributed by atoms with Crippen LogP contribution < -0.4 is 10.1 Å². The molecule has 0 bridgehead atoms. The van der Waals surface area contributed by atoms with Gasteiger partial charge in [-0.1, -0.05) is 12.1 Å². The van der Waals surface area contributed by atoms with E-state index in [0.29, 0.717) is 30.5 Å². The minimum atomic E-state index is -0.0200. The molecule has 1 aliphatic heterocycles. The number of carbonyl (C=O) groups excluding carboxylic acids is 1. The second-order valence-electron chi connectivity index (χ2n) is 6.24. The maximum Gasteiger partial charge on any atom is 0.246 e. The molecule has 1 fully saturated rings. The van der Waals surface area contributed by atoms with Gasteiger partial charge in [-0.05, 0) is 36.6 Å². The zero-order chi connectivity index (χ0) is 19.1. The van der Waals surface area contributed by atoms with Crippen LogP contribution in [0.5, 0.6) is 5.88 Å². The summed E-state index contributed by atoms with van der Waals surface area (Å²) >= 11 is 0. The van der Waals surface area contributed by atoms with Gasteiger partial charge in [0.05, 0.1) is 18.7 Å². The van der Waals surface area contributed by atoms with E-state index in [-0.39, 0.29) is 11.9 Å². The van der Waals surface area contributed by atoms with Crippen molar-refractivity contribution >= 4 is 17.9 Å². The molecule has 1 aromatic heterocycles. The van der Waals surface area contributed by atoms with Crippen LogP contribution in [0, 0.1) is 11.3 Å². The summed E-state index contributed by atoms with van der Waals surface area (Å²) in [5.74, 6) is 1.04. The van der Waals surface area contributed by atoms with E-state index in [9.17, 15) is 4.79 Å². The Morgan fingerprint density at radius 1 is 1.37 bits per heavy atom. The predicted octanol–water partition coefficient (Wildman–Crippen LogP) is 2.47. The second kappa shape index (κ2) is 8.81. The third-order valence-corrected chi connectivity index (χ3v) is 4.41. The normalized spacial score (nSPS) is 14.7. The monoisotopic (exact) mass is 363 g/mol. The first-order valence-electron chi connectivity index (χ1n) is 8.78. The molecule has 7 heteroatoms. The fraction of sp³-hybridized carbons (Fsp3) is 0.300. The quantitative estimate of drug-likeness (QED) is 0.821. The lowest BCUT2D eigenvalue weighted by Crippen LogP contribution is -2.41. The van der Waals surface area contributed by atoms with Crippen LogP contribution in [0.2, 0.25) is 0 Å². The number of piperidine rings is 1. The van der Waals surface area contributed by atoms with Crippen molar-refractivity contribution in [1.82, 2.24) is 14.9 Å². The number of anilines is 1. The molecule has 0 saturated carbocycles. The summed E-state index contributed by atoms with van der Waals surface area (Å²) in [6.07, 6.45) is 6.61. The van der Waals surface area contributed by atoms with E-state index in [2.05, 4.69) is 21.4 Å². The molecule has 1 saturated heterocycles. The van der Waals surface area contributed by atoms with Crippen molar-refractivity contribution in [3.8, 4) is 11.9 Å². The second-order valence-corrected chi connectivity index (χ2v) is 6.24. The molecule has 1 N–H and O–H groups in total. The van der Waals surface area contributed by atoms with Crippen molar-refractivity contribution in [2.24, 2.45) is 0 Å². The number of amides is 1. The van der Waals surface area contributed by atoms with Gasteiger partial charge in [0.2, 0.25) is 17.7 Å². The molecule has 0 radical (unpaired) electrons. The summed E-state index contributed by atoms with van der Waals surface area (Å²) in [7, 11) is 1.57. The topological polar surface area (TPSA) is 91.1 Å². The van der Waals surface area contributed by atoms with Crippen molar-refractivity contribution in [3.05, 3.63) is 53.7 Å². The molecule has 0 atom stereocenters. The number of nitriles is 1. The molecule has 27 heavy (non-hydrogen) atoms. The predicted molar refractivity (Wildman–Crippen MR) is 102 cm³/mol. The van der Waals surface area contributed by atoms with Gasteiger partial charge in [0, 0.05) is 37.5 Å². The van der Waals surface area contributed by atoms with Gasteiger partial charge in [0.15, 0.2) is 0 Å². The molecule has 1 aliphatic rings. The Morgan fingerprint density at radius 2 is 2.19 bits per heavy atom. The summed E-state index contributed by atoms with van der Waals surface area (Å²) in [6, 6.07) is 11.2. The average molecular weight is 363 g/mol. The van der Waals surface area contributed by atoms with Crippen LogP contribution in [-0.2, 0) is 4.79 Å². The van der Waals surface area contributed by atoms with Gasteiger partial charge in [-0.3, -0.25) is 4.79 Å². The summed E-state index contributed by atoms with van der Waals surface area (Å²) in [6.45, 7) is 1.34. The van der Waals surface area contributed by atoms with Crippen LogP contribution >= 0.6 is 0 Å². The van der Waals surface area contributed by atoms with E-state index >= 15 is 0 Å². The van der Waals surface area contributed by atoms with E-state index in [0.717, 1.165) is 18.4 Å². The van der Waals surface area contributed by atoms with E-state index < -0.39 is 0 Å². The SMILES string of the molecule is COc1ccnc(NC2CCN(C(=O)/C=C/c3cccc(C#N)c3)CC2)n1. The Balaban J connectivity index is 1.51. The molecule has 1 amide bonds. The number of benzene rings is 1. The number of aromatic nitrogens is 2. The molecule has 0 aliphatic carbocycles. The Hall–Kier alpha value is -3.40. The number of rotatable bonds is 5. The van der Waals surface area contributed by atoms with Crippen LogP contribution in [0.4, 0.5) is 5.95 Å². The lowest BCUT2D eigenvalue weighted by Gasteiger charge is -2.31. The van der Waals surface area contributed by atoms with Gasteiger partial charge < -0.3 is 15.0 Å². The van der Waals surface area contributed by atoms with Crippen molar-refractivity contribution in [3.63, 3.8) is 0 Å². The maximum absolute atomic E-state index is 12.4. The highest BCUT2D eigenvalue weighted by Crippen LogP contribution is 2.16. The van der Waals surface area contributed by atoms with Crippen LogP contribution in [0.15, 0.2) is 42.6 Å². The third kappa shape index (κ3) is 5.05. The zero-order valence-electron chi connectivity index (χ0n) is 15.1. The van der Waals surface area contributed by atoms with Gasteiger partial charge in [-0.25, -0.2) is 4.98 Å². The third-order valence-electron chi connectivity index (χ3n) is 4.41. The van der Waals surface area contributed by atoms with E-state index in [4.69, 9.17) is 10.00 Å². The molecule has 138 valence electrons. The van der Waals surface area contributed by atoms with Gasteiger partial charge in [-0.15, -0.1) is 0 Å². The highest BCUT2D eigenvalue weighted by atomic mass is 16.5. The lowest BCUT2D eigenvalue weighted by molar-refractivity contribution is -0.126. The molecule has 3 rings (SSSR count). The zero-order valence-corrected chi connectivity index (χ0v) is 15.1. The fourth-order valence-corrected chi connectivity index (χ4v) is 2.94. The number of likely N-dealkylation sites (tertiary alicyclic amines) is 1. The highest BCUT2D eigenvalue weighted by Gasteiger charge is 2.22. The first-order valence-corrected chi connectivity index (χ1v) is 8.78. The fourth-order valence-electron chi connectivity index (χ4n) is 2.94. The Kier molecular flexibility index (Phi) is 6.00. The Morgan fingerprint density at radius 3 is 2.93 bits per heavy atom. The van der Waals surface area contributed by atoms with Gasteiger partial charge >= 0.3 is 0 Å². The summed E-state index contributed by atoms with van der Waals surface area (Å²) < 4.78 is 5.10. The Bertz CT molecular complexity index is 867. The van der Waals surface area contributed by atoms with Gasteiger partial charge in [0.1, 0.15) is 0 Å². The minimum absolute atomic E-state index is 0.0200. The van der Waals surface area contributed by atoms with Crippen molar-refractivity contribution in [2.45, 2.75) is 18.9 Å². The Labute approximate surface area is 158 Å². The van der Waals surface area contributed by atoms with E-state index in [1.165, 1.54) is 0 Å². The molecular formula is C20H21N5O2. The molecular weight excluding hydrogens is 342 g/mol. The van der Waals surface area contributed by atoms with Gasteiger partial charge in [-0.2, -0.15) is 10.2 Å². The number of hydrogen-bond donors (Lipinski definition) is 1. The first-order chi connectivity index (χ1) is 13.2. The summed E-state index contributed by atoms with van der Waals surface area (Å²) in [5.41, 5.74) is 1.42. The van der Waals surface area contributed by atoms with Gasteiger partial charge in [0.25, 0.3) is 0 Å². The van der Waals surface area contributed by atoms with E-state index in [1.54, 1.807) is 49.7 Å². The van der Waals surface area contributed by atoms with E-state index in [1.807, 2.05) is 11.0 Å². The molecule has 2 heterocycles. The standard InChI is InChI=1S/C20H21N5O2/c1-27-18-7-10-22-20(24-18)23-17-8-11-25(12-9-17)19(26)6-5-15-3-2-4-16(13-15)14-21/h2-7,10,13,17H,8-9,11-12H2,1H3,(H,22,23,24)/b6-5+. The molecule has 1 aromatic carbocycles. The number of ether oxygens (including phenoxy) is 1. The van der Waals surface area contributed by atoms with Crippen LogP contribution in [0.1, 0.15) is 24.0 Å². The first kappa shape index (κ1) is 18.4. The van der Waals surface area contributed by atoms with Crippen LogP contribution in [0.3, 0.4) is 0 Å². The number of nitrogens with zero attached hydrogens (tertiary/aromatic N) is 4. The maximum atomic E-state index is 12.4. The number of nitrogens with one attached hydrogen (secondary N) is 1. The highest BCUT2D eigenvalue weighted by molar-refractivity contribution is 5.91.